The topological polar surface area (TPSA) is 55.8 Å². The highest BCUT2D eigenvalue weighted by atomic mass is 16.6. The van der Waals surface area contributed by atoms with Crippen LogP contribution in [0.5, 0.6) is 0 Å². The van der Waals surface area contributed by atoms with Gasteiger partial charge in [0, 0.05) is 19.2 Å². The SMILES string of the molecule is C=CC(=O)OCC.O=C(OC1C2CC3CC(C2)CC1C3)N1CCC2(CCCc3ccccc32)CC1. The van der Waals surface area contributed by atoms with Gasteiger partial charge < -0.3 is 14.4 Å². The van der Waals surface area contributed by atoms with E-state index in [-0.39, 0.29) is 18.2 Å². The molecule has 1 aromatic rings. The van der Waals surface area contributed by atoms with Gasteiger partial charge in [-0.1, -0.05) is 30.8 Å². The van der Waals surface area contributed by atoms with Crippen LogP contribution in [0.25, 0.3) is 0 Å². The van der Waals surface area contributed by atoms with Crippen molar-refractivity contribution in [1.82, 2.24) is 4.90 Å². The molecule has 0 aromatic heterocycles. The smallest absolute Gasteiger partial charge is 0.410 e. The fourth-order valence-electron chi connectivity index (χ4n) is 8.10. The van der Waals surface area contributed by atoms with Crippen molar-refractivity contribution in [2.45, 2.75) is 82.7 Å². The first-order valence-corrected chi connectivity index (χ1v) is 13.8. The maximum Gasteiger partial charge on any atom is 0.410 e. The molecule has 4 saturated carbocycles. The summed E-state index contributed by atoms with van der Waals surface area (Å²) in [4.78, 5) is 25.1. The zero-order chi connectivity index (χ0) is 24.4. The van der Waals surface area contributed by atoms with Crippen molar-refractivity contribution in [3.05, 3.63) is 48.0 Å². The number of carbonyl (C=O) groups excluding carboxylic acids is 2. The first-order valence-electron chi connectivity index (χ1n) is 13.8. The number of piperidine rings is 1. The summed E-state index contributed by atoms with van der Waals surface area (Å²) >= 11 is 0. The Kier molecular flexibility index (Phi) is 7.22. The number of benzene rings is 1. The average molecular weight is 480 g/mol. The molecule has 0 radical (unpaired) electrons. The summed E-state index contributed by atoms with van der Waals surface area (Å²) in [5.74, 6) is 2.81. The van der Waals surface area contributed by atoms with Crippen LogP contribution in [0.4, 0.5) is 4.79 Å². The first-order chi connectivity index (χ1) is 17.0. The van der Waals surface area contributed by atoms with Gasteiger partial charge in [0.25, 0.3) is 0 Å². The van der Waals surface area contributed by atoms with Crippen LogP contribution in [0.3, 0.4) is 0 Å². The molecular formula is C30H41NO4. The van der Waals surface area contributed by atoms with Gasteiger partial charge in [-0.05, 0) is 111 Å². The Bertz CT molecular complexity index is 904. The van der Waals surface area contributed by atoms with Gasteiger partial charge in [0.2, 0.25) is 0 Å². The van der Waals surface area contributed by atoms with E-state index in [0.29, 0.717) is 23.9 Å². The minimum Gasteiger partial charge on any atom is -0.463 e. The van der Waals surface area contributed by atoms with E-state index in [1.54, 1.807) is 18.1 Å². The van der Waals surface area contributed by atoms with Crippen molar-refractivity contribution in [1.29, 1.82) is 0 Å². The van der Waals surface area contributed by atoms with Crippen LogP contribution in [0.2, 0.25) is 0 Å². The number of carbonyl (C=O) groups is 2. The van der Waals surface area contributed by atoms with Crippen molar-refractivity contribution >= 4 is 12.1 Å². The summed E-state index contributed by atoms with van der Waals surface area (Å²) < 4.78 is 10.6. The standard InChI is InChI=1S/C25H33NO2.C5H8O2/c27-24(28-23-20-13-17-12-18(15-20)16-21(23)14-17)26-10-8-25(9-11-26)7-3-5-19-4-1-2-6-22(19)25;1-3-5(6)7-4-2/h1-2,4,6,17-18,20-21,23H,3,5,7-16H2;3H,1,4H2,2H3. The Labute approximate surface area is 210 Å². The summed E-state index contributed by atoms with van der Waals surface area (Å²) in [6, 6.07) is 9.02. The average Bonchev–Trinajstić information content (AvgIpc) is 2.87. The molecular weight excluding hydrogens is 438 g/mol. The molecule has 1 spiro atoms. The van der Waals surface area contributed by atoms with E-state index in [4.69, 9.17) is 4.74 Å². The van der Waals surface area contributed by atoms with E-state index < -0.39 is 0 Å². The van der Waals surface area contributed by atoms with Crippen molar-refractivity contribution in [3.8, 4) is 0 Å². The quantitative estimate of drug-likeness (QED) is 0.391. The normalized spacial score (nSPS) is 31.7. The van der Waals surface area contributed by atoms with Crippen LogP contribution in [0.1, 0.15) is 75.8 Å². The number of amides is 1. The second kappa shape index (κ2) is 10.4. The van der Waals surface area contributed by atoms with Crippen LogP contribution in [-0.2, 0) is 26.1 Å². The molecule has 6 aliphatic rings. The zero-order valence-electron chi connectivity index (χ0n) is 21.3. The molecule has 1 aliphatic heterocycles. The number of aryl methyl sites for hydroxylation is 1. The van der Waals surface area contributed by atoms with E-state index in [2.05, 4.69) is 35.6 Å². The van der Waals surface area contributed by atoms with Crippen molar-refractivity contribution in [2.75, 3.05) is 19.7 Å². The van der Waals surface area contributed by atoms with E-state index >= 15 is 0 Å². The lowest BCUT2D eigenvalue weighted by molar-refractivity contribution is -0.137. The summed E-state index contributed by atoms with van der Waals surface area (Å²) in [6.45, 7) is 7.10. The molecule has 5 aliphatic carbocycles. The third kappa shape index (κ3) is 5.01. The Hall–Kier alpha value is -2.30. The molecule has 5 nitrogen and oxygen atoms in total. The minimum atomic E-state index is -0.359. The third-order valence-corrected chi connectivity index (χ3v) is 9.50. The molecule has 35 heavy (non-hydrogen) atoms. The van der Waals surface area contributed by atoms with Gasteiger partial charge in [0.05, 0.1) is 6.61 Å². The number of nitrogens with zero attached hydrogens (tertiary/aromatic N) is 1. The Morgan fingerprint density at radius 1 is 1.03 bits per heavy atom. The van der Waals surface area contributed by atoms with Crippen molar-refractivity contribution in [2.24, 2.45) is 23.7 Å². The Morgan fingerprint density at radius 2 is 1.69 bits per heavy atom. The molecule has 4 bridgehead atoms. The number of likely N-dealkylation sites (tertiary alicyclic amines) is 1. The largest absolute Gasteiger partial charge is 0.463 e. The van der Waals surface area contributed by atoms with E-state index in [1.165, 1.54) is 51.4 Å². The maximum atomic E-state index is 13.0. The summed E-state index contributed by atoms with van der Waals surface area (Å²) in [5.41, 5.74) is 3.41. The molecule has 5 heteroatoms. The maximum absolute atomic E-state index is 13.0. The predicted molar refractivity (Wildman–Crippen MR) is 136 cm³/mol. The van der Waals surface area contributed by atoms with Crippen LogP contribution < -0.4 is 0 Å². The Morgan fingerprint density at radius 3 is 2.29 bits per heavy atom. The minimum absolute atomic E-state index is 0.0172. The lowest BCUT2D eigenvalue weighted by atomic mass is 9.55. The molecule has 1 heterocycles. The van der Waals surface area contributed by atoms with E-state index in [9.17, 15) is 9.59 Å². The summed E-state index contributed by atoms with van der Waals surface area (Å²) in [7, 11) is 0. The van der Waals surface area contributed by atoms with Crippen LogP contribution in [0.15, 0.2) is 36.9 Å². The van der Waals surface area contributed by atoms with Crippen molar-refractivity contribution < 1.29 is 19.1 Å². The molecule has 190 valence electrons. The van der Waals surface area contributed by atoms with Crippen LogP contribution >= 0.6 is 0 Å². The van der Waals surface area contributed by atoms with E-state index in [0.717, 1.165) is 43.8 Å². The Balaban J connectivity index is 0.000000320. The number of hydrogen-bond donors (Lipinski definition) is 0. The predicted octanol–water partition coefficient (Wildman–Crippen LogP) is 6.05. The van der Waals surface area contributed by atoms with Gasteiger partial charge in [0.1, 0.15) is 6.10 Å². The van der Waals surface area contributed by atoms with Crippen molar-refractivity contribution in [3.63, 3.8) is 0 Å². The number of rotatable bonds is 3. The highest BCUT2D eigenvalue weighted by Gasteiger charge is 2.50. The lowest BCUT2D eigenvalue weighted by Gasteiger charge is -2.53. The number of hydrogen-bond acceptors (Lipinski definition) is 4. The lowest BCUT2D eigenvalue weighted by Crippen LogP contribution is -2.52. The summed E-state index contributed by atoms with van der Waals surface area (Å²) in [6.07, 6.45) is 14.0. The second-order valence-electron chi connectivity index (χ2n) is 11.5. The van der Waals surface area contributed by atoms with Gasteiger partial charge >= 0.3 is 12.1 Å². The van der Waals surface area contributed by atoms with Gasteiger partial charge in [-0.3, -0.25) is 0 Å². The molecule has 0 unspecified atom stereocenters. The van der Waals surface area contributed by atoms with Crippen LogP contribution in [-0.4, -0.2) is 42.8 Å². The first kappa shape index (κ1) is 24.4. The monoisotopic (exact) mass is 479 g/mol. The molecule has 1 aromatic carbocycles. The second-order valence-corrected chi connectivity index (χ2v) is 11.5. The summed E-state index contributed by atoms with van der Waals surface area (Å²) in [5, 5.41) is 0. The van der Waals surface area contributed by atoms with Gasteiger partial charge in [0.15, 0.2) is 0 Å². The molecule has 1 saturated heterocycles. The highest BCUT2D eigenvalue weighted by Crippen LogP contribution is 2.55. The molecule has 0 atom stereocenters. The highest BCUT2D eigenvalue weighted by molar-refractivity contribution is 5.81. The molecule has 5 fully saturated rings. The van der Waals surface area contributed by atoms with Gasteiger partial charge in [-0.25, -0.2) is 9.59 Å². The number of fused-ring (bicyclic) bond motifs is 2. The zero-order valence-corrected chi connectivity index (χ0v) is 21.3. The van der Waals surface area contributed by atoms with Gasteiger partial charge in [-0.2, -0.15) is 0 Å². The molecule has 7 rings (SSSR count). The molecule has 0 N–H and O–H groups in total. The fraction of sp³-hybridized carbons (Fsp3) is 0.667. The van der Waals surface area contributed by atoms with E-state index in [1.807, 2.05) is 4.90 Å². The number of ether oxygens (including phenoxy) is 2. The fourth-order valence-corrected chi connectivity index (χ4v) is 8.10. The molecule has 1 amide bonds. The third-order valence-electron chi connectivity index (χ3n) is 9.50. The van der Waals surface area contributed by atoms with Crippen LogP contribution in [0, 0.1) is 23.7 Å². The number of esters is 1. The van der Waals surface area contributed by atoms with Gasteiger partial charge in [-0.15, -0.1) is 0 Å².